The molecule has 1 saturated heterocycles. The van der Waals surface area contributed by atoms with Gasteiger partial charge >= 0.3 is 0 Å². The van der Waals surface area contributed by atoms with E-state index in [4.69, 9.17) is 0 Å². The molecule has 1 saturated carbocycles. The van der Waals surface area contributed by atoms with Crippen LogP contribution in [0, 0.1) is 11.8 Å². The van der Waals surface area contributed by atoms with Gasteiger partial charge in [0, 0.05) is 44.5 Å². The largest absolute Gasteiger partial charge is 0.340 e. The lowest BCUT2D eigenvalue weighted by atomic mass is 9.84. The number of amides is 2. The maximum Gasteiger partial charge on any atom is 0.228 e. The lowest BCUT2D eigenvalue weighted by Gasteiger charge is -2.32. The van der Waals surface area contributed by atoms with Gasteiger partial charge in [-0.25, -0.2) is 0 Å². The summed E-state index contributed by atoms with van der Waals surface area (Å²) in [5.74, 6) is 0.237. The molecule has 2 amide bonds. The Labute approximate surface area is 178 Å². The highest BCUT2D eigenvalue weighted by Crippen LogP contribution is 2.30. The van der Waals surface area contributed by atoms with E-state index in [0.717, 1.165) is 36.0 Å². The smallest absolute Gasteiger partial charge is 0.228 e. The van der Waals surface area contributed by atoms with Gasteiger partial charge in [-0.3, -0.25) is 14.6 Å². The van der Waals surface area contributed by atoms with Crippen LogP contribution >= 0.6 is 0 Å². The summed E-state index contributed by atoms with van der Waals surface area (Å²) in [6.07, 6.45) is 9.04. The second-order valence-corrected chi connectivity index (χ2v) is 8.28. The van der Waals surface area contributed by atoms with Crippen molar-refractivity contribution in [3.63, 3.8) is 0 Å². The first-order valence-corrected chi connectivity index (χ1v) is 10.8. The van der Waals surface area contributed by atoms with Crippen molar-refractivity contribution in [3.8, 4) is 11.1 Å². The summed E-state index contributed by atoms with van der Waals surface area (Å²) in [6.45, 7) is 6.00. The zero-order valence-electron chi connectivity index (χ0n) is 17.4. The Kier molecular flexibility index (Phi) is 6.26. The van der Waals surface area contributed by atoms with Gasteiger partial charge in [0.05, 0.1) is 5.92 Å². The lowest BCUT2D eigenvalue weighted by molar-refractivity contribution is -0.138. The maximum absolute atomic E-state index is 13.3. The van der Waals surface area contributed by atoms with Crippen molar-refractivity contribution in [2.75, 3.05) is 26.2 Å². The fourth-order valence-electron chi connectivity index (χ4n) is 4.42. The normalized spacial score (nSPS) is 19.9. The van der Waals surface area contributed by atoms with Crippen molar-refractivity contribution >= 4 is 11.8 Å². The molecule has 1 atom stereocenters. The van der Waals surface area contributed by atoms with Gasteiger partial charge in [0.15, 0.2) is 0 Å². The summed E-state index contributed by atoms with van der Waals surface area (Å²) in [4.78, 5) is 34.2. The van der Waals surface area contributed by atoms with Crippen molar-refractivity contribution in [3.05, 3.63) is 67.0 Å². The van der Waals surface area contributed by atoms with Crippen molar-refractivity contribution < 1.29 is 9.59 Å². The molecule has 2 fully saturated rings. The zero-order valence-corrected chi connectivity index (χ0v) is 17.4. The molecule has 5 heteroatoms. The van der Waals surface area contributed by atoms with Crippen LogP contribution in [0.1, 0.15) is 24.8 Å². The SMILES string of the molecule is C=CCN1CCN(C(=O)C2CCC2)C[C@H](Cc2ccccc2-c2ccncc2)C1=O. The third-order valence-electron chi connectivity index (χ3n) is 6.33. The van der Waals surface area contributed by atoms with E-state index in [-0.39, 0.29) is 23.7 Å². The molecule has 1 aromatic carbocycles. The Morgan fingerprint density at radius 2 is 1.90 bits per heavy atom. The summed E-state index contributed by atoms with van der Waals surface area (Å²) in [7, 11) is 0. The Morgan fingerprint density at radius 1 is 1.13 bits per heavy atom. The molecule has 30 heavy (non-hydrogen) atoms. The number of nitrogens with zero attached hydrogens (tertiary/aromatic N) is 3. The van der Waals surface area contributed by atoms with E-state index in [1.165, 1.54) is 0 Å². The van der Waals surface area contributed by atoms with Crippen molar-refractivity contribution in [2.24, 2.45) is 11.8 Å². The molecule has 1 aliphatic heterocycles. The van der Waals surface area contributed by atoms with Gasteiger partial charge in [-0.05, 0) is 48.1 Å². The first kappa shape index (κ1) is 20.3. The van der Waals surface area contributed by atoms with Crippen LogP contribution in [0.5, 0.6) is 0 Å². The van der Waals surface area contributed by atoms with Gasteiger partial charge in [-0.2, -0.15) is 0 Å². The number of hydrogen-bond acceptors (Lipinski definition) is 3. The molecule has 1 aromatic heterocycles. The van der Waals surface area contributed by atoms with Crippen LogP contribution in [0.4, 0.5) is 0 Å². The maximum atomic E-state index is 13.3. The van der Waals surface area contributed by atoms with Crippen LogP contribution in [0.15, 0.2) is 61.4 Å². The minimum Gasteiger partial charge on any atom is -0.340 e. The molecule has 5 nitrogen and oxygen atoms in total. The Morgan fingerprint density at radius 3 is 2.60 bits per heavy atom. The Bertz CT molecular complexity index is 908. The van der Waals surface area contributed by atoms with E-state index < -0.39 is 0 Å². The highest BCUT2D eigenvalue weighted by atomic mass is 16.2. The predicted octanol–water partition coefficient (Wildman–Crippen LogP) is 3.56. The van der Waals surface area contributed by atoms with Crippen LogP contribution in [-0.4, -0.2) is 52.8 Å². The van der Waals surface area contributed by atoms with Crippen LogP contribution in [0.3, 0.4) is 0 Å². The summed E-state index contributed by atoms with van der Waals surface area (Å²) in [6, 6.07) is 12.2. The molecular formula is C25H29N3O2. The number of rotatable bonds is 6. The summed E-state index contributed by atoms with van der Waals surface area (Å²) in [5.41, 5.74) is 3.33. The molecule has 0 radical (unpaired) electrons. The van der Waals surface area contributed by atoms with Crippen molar-refractivity contribution in [2.45, 2.75) is 25.7 Å². The molecule has 4 rings (SSSR count). The average Bonchev–Trinajstić information content (AvgIpc) is 2.88. The number of aromatic nitrogens is 1. The fourth-order valence-corrected chi connectivity index (χ4v) is 4.42. The molecule has 0 bridgehead atoms. The summed E-state index contributed by atoms with van der Waals surface area (Å²) < 4.78 is 0. The second-order valence-electron chi connectivity index (χ2n) is 8.28. The van der Waals surface area contributed by atoms with E-state index in [1.54, 1.807) is 18.5 Å². The molecule has 2 aromatic rings. The number of carbonyl (C=O) groups excluding carboxylic acids is 2. The number of benzene rings is 1. The average molecular weight is 404 g/mol. The molecule has 0 unspecified atom stereocenters. The van der Waals surface area contributed by atoms with Crippen LogP contribution < -0.4 is 0 Å². The molecule has 0 spiro atoms. The van der Waals surface area contributed by atoms with E-state index in [9.17, 15) is 9.59 Å². The van der Waals surface area contributed by atoms with E-state index in [2.05, 4.69) is 23.7 Å². The fraction of sp³-hybridized carbons (Fsp3) is 0.400. The van der Waals surface area contributed by atoms with Crippen LogP contribution in [0.2, 0.25) is 0 Å². The molecule has 2 heterocycles. The third kappa shape index (κ3) is 4.30. The zero-order chi connectivity index (χ0) is 20.9. The molecule has 2 aliphatic rings. The Hall–Kier alpha value is -2.95. The number of pyridine rings is 1. The molecule has 1 aliphatic carbocycles. The highest BCUT2D eigenvalue weighted by molar-refractivity contribution is 5.84. The molecular weight excluding hydrogens is 374 g/mol. The second kappa shape index (κ2) is 9.24. The van der Waals surface area contributed by atoms with Crippen LogP contribution in [-0.2, 0) is 16.0 Å². The Balaban J connectivity index is 1.61. The predicted molar refractivity (Wildman–Crippen MR) is 118 cm³/mol. The minimum absolute atomic E-state index is 0.114. The van der Waals surface area contributed by atoms with Gasteiger partial charge in [0.2, 0.25) is 11.8 Å². The molecule has 0 N–H and O–H groups in total. The summed E-state index contributed by atoms with van der Waals surface area (Å²) >= 11 is 0. The van der Waals surface area contributed by atoms with Crippen molar-refractivity contribution in [1.82, 2.24) is 14.8 Å². The third-order valence-corrected chi connectivity index (χ3v) is 6.33. The standard InChI is InChI=1S/C25H29N3O2/c1-2-14-27-15-16-28(24(29)20-7-5-8-20)18-22(25(27)30)17-21-6-3-4-9-23(21)19-10-12-26-13-11-19/h2-4,6,9-13,20,22H,1,5,7-8,14-18H2/t22-/m0/s1. The van der Waals surface area contributed by atoms with Gasteiger partial charge < -0.3 is 9.80 Å². The van der Waals surface area contributed by atoms with E-state index >= 15 is 0 Å². The van der Waals surface area contributed by atoms with Gasteiger partial charge in [0.25, 0.3) is 0 Å². The van der Waals surface area contributed by atoms with E-state index in [1.807, 2.05) is 34.1 Å². The van der Waals surface area contributed by atoms with Gasteiger partial charge in [0.1, 0.15) is 0 Å². The number of hydrogen-bond donors (Lipinski definition) is 0. The highest BCUT2D eigenvalue weighted by Gasteiger charge is 2.36. The first-order valence-electron chi connectivity index (χ1n) is 10.8. The van der Waals surface area contributed by atoms with Gasteiger partial charge in [-0.15, -0.1) is 6.58 Å². The minimum atomic E-state index is -0.250. The topological polar surface area (TPSA) is 53.5 Å². The number of carbonyl (C=O) groups is 2. The van der Waals surface area contributed by atoms with Gasteiger partial charge in [-0.1, -0.05) is 36.8 Å². The van der Waals surface area contributed by atoms with Crippen LogP contribution in [0.25, 0.3) is 11.1 Å². The molecule has 156 valence electrons. The van der Waals surface area contributed by atoms with E-state index in [0.29, 0.717) is 32.6 Å². The monoisotopic (exact) mass is 403 g/mol. The quantitative estimate of drug-likeness (QED) is 0.693. The van der Waals surface area contributed by atoms with Crippen molar-refractivity contribution in [1.29, 1.82) is 0 Å². The lowest BCUT2D eigenvalue weighted by Crippen LogP contribution is -2.42. The first-order chi connectivity index (χ1) is 14.7. The summed E-state index contributed by atoms with van der Waals surface area (Å²) in [5, 5.41) is 0.